The van der Waals surface area contributed by atoms with Gasteiger partial charge in [-0.15, -0.1) is 0 Å². The molecule has 3 unspecified atom stereocenters. The lowest BCUT2D eigenvalue weighted by Crippen LogP contribution is -2.55. The van der Waals surface area contributed by atoms with Gasteiger partial charge in [0.1, 0.15) is 0 Å². The van der Waals surface area contributed by atoms with E-state index in [-0.39, 0.29) is 6.10 Å². The molecule has 0 amide bonds. The van der Waals surface area contributed by atoms with E-state index in [1.54, 1.807) is 0 Å². The third kappa shape index (κ3) is 1.84. The Morgan fingerprint density at radius 2 is 1.64 bits per heavy atom. The van der Waals surface area contributed by atoms with Gasteiger partial charge < -0.3 is 10.2 Å². The predicted octanol–water partition coefficient (Wildman–Crippen LogP) is 4.05. The molecule has 0 aromatic heterocycles. The van der Waals surface area contributed by atoms with Crippen molar-refractivity contribution in [2.45, 2.75) is 83.6 Å². The molecule has 0 aromatic rings. The predicted molar refractivity (Wildman–Crippen MR) is 83.8 cm³/mol. The summed E-state index contributed by atoms with van der Waals surface area (Å²) in [4.78, 5) is 0. The number of rotatable bonds is 0. The van der Waals surface area contributed by atoms with Gasteiger partial charge >= 0.3 is 0 Å². The van der Waals surface area contributed by atoms with Crippen LogP contribution in [0.4, 0.5) is 4.39 Å². The van der Waals surface area contributed by atoms with E-state index in [1.807, 2.05) is 6.92 Å². The Labute approximate surface area is 133 Å². The van der Waals surface area contributed by atoms with Crippen molar-refractivity contribution in [2.24, 2.45) is 34.5 Å². The molecule has 0 radical (unpaired) electrons. The minimum absolute atomic E-state index is 0.106. The van der Waals surface area contributed by atoms with Crippen molar-refractivity contribution < 1.29 is 14.6 Å². The highest BCUT2D eigenvalue weighted by Crippen LogP contribution is 2.68. The molecule has 3 heteroatoms. The highest BCUT2D eigenvalue weighted by Gasteiger charge is 2.65. The lowest BCUT2D eigenvalue weighted by atomic mass is 9.45. The first kappa shape index (κ1) is 15.4. The molecule has 0 heterocycles. The van der Waals surface area contributed by atoms with Crippen LogP contribution in [0.25, 0.3) is 0 Å². The molecular formula is C19H31FO2. The quantitative estimate of drug-likeness (QED) is 0.708. The average molecular weight is 310 g/mol. The van der Waals surface area contributed by atoms with Crippen LogP contribution in [0.5, 0.6) is 0 Å². The second-order valence-corrected chi connectivity index (χ2v) is 9.34. The first-order valence-corrected chi connectivity index (χ1v) is 9.37. The fourth-order valence-corrected chi connectivity index (χ4v) is 7.20. The van der Waals surface area contributed by atoms with Gasteiger partial charge in [-0.3, -0.25) is 0 Å². The number of alkyl halides is 1. The fraction of sp³-hybridized carbons (Fsp3) is 1.00. The third-order valence-electron chi connectivity index (χ3n) is 8.69. The molecule has 2 nitrogen and oxygen atoms in total. The maximum atomic E-state index is 14.7. The van der Waals surface area contributed by atoms with Crippen LogP contribution in [0, 0.1) is 34.5 Å². The largest absolute Gasteiger partial charge is 0.393 e. The van der Waals surface area contributed by atoms with Crippen LogP contribution in [0.3, 0.4) is 0 Å². The molecular weight excluding hydrogens is 279 g/mol. The molecule has 4 aliphatic carbocycles. The van der Waals surface area contributed by atoms with Crippen molar-refractivity contribution in [3.63, 3.8) is 0 Å². The fourth-order valence-electron chi connectivity index (χ4n) is 7.20. The molecule has 8 atom stereocenters. The summed E-state index contributed by atoms with van der Waals surface area (Å²) in [6.45, 7) is 4.44. The normalized spacial score (nSPS) is 61.2. The summed E-state index contributed by atoms with van der Waals surface area (Å²) in [6.07, 6.45) is 8.36. The minimum Gasteiger partial charge on any atom is -0.393 e. The Morgan fingerprint density at radius 3 is 2.41 bits per heavy atom. The number of fused-ring (bicyclic) bond motifs is 5. The van der Waals surface area contributed by atoms with Crippen LogP contribution < -0.4 is 0 Å². The Kier molecular flexibility index (Phi) is 3.28. The number of hydrogen-bond acceptors (Lipinski definition) is 2. The number of aliphatic hydroxyl groups excluding tert-OH is 1. The monoisotopic (exact) mass is 310 g/mol. The average Bonchev–Trinajstić information content (AvgIpc) is 2.70. The van der Waals surface area contributed by atoms with Crippen LogP contribution in [-0.2, 0) is 0 Å². The molecule has 0 spiro atoms. The van der Waals surface area contributed by atoms with E-state index >= 15 is 0 Å². The zero-order valence-electron chi connectivity index (χ0n) is 14.0. The van der Waals surface area contributed by atoms with E-state index in [0.29, 0.717) is 35.5 Å². The summed E-state index contributed by atoms with van der Waals surface area (Å²) in [7, 11) is 0. The molecule has 0 aromatic carbocycles. The standard InChI is InChI=1S/C19H31FO2/c1-17-8-5-13(21)11-12(17)3-4-14-15(17)6-9-18(2)16(14)7-10-19(18,20)22/h12-16,21-22H,3-11H2,1-2H3/t12?,13?,14-,15-,16+,17+,18+,19?/m1/s1. The first-order valence-electron chi connectivity index (χ1n) is 9.37. The van der Waals surface area contributed by atoms with Gasteiger partial charge in [0.2, 0.25) is 5.85 Å². The SMILES string of the molecule is C[C@]12CCC(O)CC1CC[C@@H]1[C@H]2CC[C@@]2(C)[C@H]1CCC2(O)F. The highest BCUT2D eigenvalue weighted by molar-refractivity contribution is 5.11. The lowest BCUT2D eigenvalue weighted by Gasteiger charge is -2.60. The van der Waals surface area contributed by atoms with Gasteiger partial charge in [0, 0.05) is 11.8 Å². The van der Waals surface area contributed by atoms with Gasteiger partial charge in [-0.2, -0.15) is 0 Å². The van der Waals surface area contributed by atoms with Crippen molar-refractivity contribution in [1.29, 1.82) is 0 Å². The molecule has 22 heavy (non-hydrogen) atoms. The van der Waals surface area contributed by atoms with E-state index < -0.39 is 11.3 Å². The topological polar surface area (TPSA) is 40.5 Å². The maximum absolute atomic E-state index is 14.7. The van der Waals surface area contributed by atoms with Gasteiger partial charge in [-0.25, -0.2) is 4.39 Å². The van der Waals surface area contributed by atoms with Crippen LogP contribution >= 0.6 is 0 Å². The molecule has 4 rings (SSSR count). The van der Waals surface area contributed by atoms with E-state index in [0.717, 1.165) is 38.5 Å². The summed E-state index contributed by atoms with van der Waals surface area (Å²) >= 11 is 0. The molecule has 126 valence electrons. The van der Waals surface area contributed by atoms with Gasteiger partial charge in [-0.1, -0.05) is 13.8 Å². The second-order valence-electron chi connectivity index (χ2n) is 9.34. The maximum Gasteiger partial charge on any atom is 0.212 e. The Bertz CT molecular complexity index is 464. The molecule has 0 aliphatic heterocycles. The number of halogens is 1. The zero-order valence-corrected chi connectivity index (χ0v) is 14.0. The summed E-state index contributed by atoms with van der Waals surface area (Å²) in [5, 5.41) is 20.3. The van der Waals surface area contributed by atoms with Crippen LogP contribution in [0.2, 0.25) is 0 Å². The summed E-state index contributed by atoms with van der Waals surface area (Å²) in [6, 6.07) is 0. The molecule has 4 saturated carbocycles. The van der Waals surface area contributed by atoms with Crippen molar-refractivity contribution in [1.82, 2.24) is 0 Å². The number of aliphatic hydroxyl groups is 2. The van der Waals surface area contributed by atoms with Crippen molar-refractivity contribution in [2.75, 3.05) is 0 Å². The molecule has 0 bridgehead atoms. The minimum atomic E-state index is -1.96. The molecule has 4 aliphatic rings. The van der Waals surface area contributed by atoms with Gasteiger partial charge in [0.25, 0.3) is 0 Å². The summed E-state index contributed by atoms with van der Waals surface area (Å²) < 4.78 is 14.7. The van der Waals surface area contributed by atoms with Crippen molar-refractivity contribution >= 4 is 0 Å². The smallest absolute Gasteiger partial charge is 0.212 e. The molecule has 4 fully saturated rings. The van der Waals surface area contributed by atoms with Crippen molar-refractivity contribution in [3.8, 4) is 0 Å². The first-order chi connectivity index (χ1) is 10.3. The van der Waals surface area contributed by atoms with Gasteiger partial charge in [-0.05, 0) is 80.5 Å². The van der Waals surface area contributed by atoms with E-state index in [9.17, 15) is 14.6 Å². The molecule has 2 N–H and O–H groups in total. The van der Waals surface area contributed by atoms with Crippen LogP contribution in [-0.4, -0.2) is 22.2 Å². The van der Waals surface area contributed by atoms with Gasteiger partial charge in [0.15, 0.2) is 0 Å². The van der Waals surface area contributed by atoms with Gasteiger partial charge in [0.05, 0.1) is 6.10 Å². The van der Waals surface area contributed by atoms with Crippen LogP contribution in [0.15, 0.2) is 0 Å². The summed E-state index contributed by atoms with van der Waals surface area (Å²) in [5.74, 6) is 0.299. The van der Waals surface area contributed by atoms with E-state index in [2.05, 4.69) is 6.92 Å². The van der Waals surface area contributed by atoms with Crippen molar-refractivity contribution in [3.05, 3.63) is 0 Å². The Balaban J connectivity index is 1.64. The Hall–Kier alpha value is -0.150. The van der Waals surface area contributed by atoms with Crippen LogP contribution in [0.1, 0.15) is 71.6 Å². The molecule has 0 saturated heterocycles. The van der Waals surface area contributed by atoms with E-state index in [1.165, 1.54) is 12.8 Å². The third-order valence-corrected chi connectivity index (χ3v) is 8.69. The highest BCUT2D eigenvalue weighted by atomic mass is 19.2. The lowest BCUT2D eigenvalue weighted by molar-refractivity contribution is -0.209. The number of hydrogen-bond donors (Lipinski definition) is 2. The zero-order chi connectivity index (χ0) is 15.8. The van der Waals surface area contributed by atoms with E-state index in [4.69, 9.17) is 0 Å². The second kappa shape index (κ2) is 4.69. The summed E-state index contributed by atoms with van der Waals surface area (Å²) in [5.41, 5.74) is -0.188. The Morgan fingerprint density at radius 1 is 0.909 bits per heavy atom.